The van der Waals surface area contributed by atoms with E-state index in [0.29, 0.717) is 5.71 Å². The topological polar surface area (TPSA) is 48.2 Å². The standard InChI is InChI=1S/C10H15N3/c1-5-6-9(13-8(2)3)10(7-11)12-4/h5-6,8,13H,1H2,2-4H3/b9-6+,12-10?. The van der Waals surface area contributed by atoms with Crippen LogP contribution in [0.4, 0.5) is 0 Å². The summed E-state index contributed by atoms with van der Waals surface area (Å²) in [5.41, 5.74) is 1.11. The van der Waals surface area contributed by atoms with Gasteiger partial charge in [-0.05, 0) is 19.9 Å². The van der Waals surface area contributed by atoms with E-state index in [1.807, 2.05) is 19.9 Å². The molecule has 0 aliphatic rings. The molecule has 0 fully saturated rings. The zero-order valence-electron chi connectivity index (χ0n) is 8.33. The van der Waals surface area contributed by atoms with Crippen molar-refractivity contribution in [1.82, 2.24) is 5.32 Å². The molecule has 0 aliphatic carbocycles. The summed E-state index contributed by atoms with van der Waals surface area (Å²) in [5, 5.41) is 11.9. The van der Waals surface area contributed by atoms with Gasteiger partial charge in [-0.2, -0.15) is 5.26 Å². The fourth-order valence-electron chi connectivity index (χ4n) is 0.855. The van der Waals surface area contributed by atoms with E-state index < -0.39 is 0 Å². The summed E-state index contributed by atoms with van der Waals surface area (Å²) in [6, 6.07) is 2.29. The van der Waals surface area contributed by atoms with Gasteiger partial charge >= 0.3 is 0 Å². The molecule has 3 nitrogen and oxygen atoms in total. The van der Waals surface area contributed by atoms with Crippen molar-refractivity contribution >= 4 is 5.71 Å². The Morgan fingerprint density at radius 1 is 1.62 bits per heavy atom. The van der Waals surface area contributed by atoms with Crippen LogP contribution in [0.3, 0.4) is 0 Å². The lowest BCUT2D eigenvalue weighted by Crippen LogP contribution is -2.26. The van der Waals surface area contributed by atoms with E-state index in [4.69, 9.17) is 5.26 Å². The van der Waals surface area contributed by atoms with Gasteiger partial charge in [-0.25, -0.2) is 0 Å². The van der Waals surface area contributed by atoms with Crippen LogP contribution in [0.5, 0.6) is 0 Å². The smallest absolute Gasteiger partial charge is 0.158 e. The van der Waals surface area contributed by atoms with Crippen molar-refractivity contribution in [2.24, 2.45) is 4.99 Å². The molecule has 0 saturated carbocycles. The molecule has 13 heavy (non-hydrogen) atoms. The van der Waals surface area contributed by atoms with Crippen molar-refractivity contribution in [3.8, 4) is 6.07 Å². The van der Waals surface area contributed by atoms with Gasteiger partial charge in [0.15, 0.2) is 5.71 Å². The highest BCUT2D eigenvalue weighted by atomic mass is 14.9. The van der Waals surface area contributed by atoms with Crippen LogP contribution in [0.1, 0.15) is 13.8 Å². The summed E-state index contributed by atoms with van der Waals surface area (Å²) in [6.07, 6.45) is 3.37. The summed E-state index contributed by atoms with van der Waals surface area (Å²) in [7, 11) is 1.59. The zero-order chi connectivity index (χ0) is 10.3. The fraction of sp³-hybridized carbons (Fsp3) is 0.400. The summed E-state index contributed by atoms with van der Waals surface area (Å²) in [5.74, 6) is 0. The second-order valence-electron chi connectivity index (χ2n) is 2.80. The van der Waals surface area contributed by atoms with Crippen LogP contribution in [0.25, 0.3) is 0 Å². The molecule has 70 valence electrons. The molecule has 0 radical (unpaired) electrons. The van der Waals surface area contributed by atoms with Crippen molar-refractivity contribution < 1.29 is 0 Å². The molecule has 0 aromatic heterocycles. The third-order valence-electron chi connectivity index (χ3n) is 1.31. The van der Waals surface area contributed by atoms with E-state index in [1.54, 1.807) is 19.2 Å². The van der Waals surface area contributed by atoms with Crippen molar-refractivity contribution in [2.45, 2.75) is 19.9 Å². The molecular formula is C10H15N3. The Morgan fingerprint density at radius 3 is 2.54 bits per heavy atom. The van der Waals surface area contributed by atoms with Gasteiger partial charge in [0.1, 0.15) is 6.07 Å². The molecule has 0 bridgehead atoms. The first-order valence-electron chi connectivity index (χ1n) is 4.12. The Balaban J connectivity index is 4.73. The fourth-order valence-corrected chi connectivity index (χ4v) is 0.855. The van der Waals surface area contributed by atoms with E-state index in [1.165, 1.54) is 0 Å². The molecule has 0 aliphatic heterocycles. The first-order valence-corrected chi connectivity index (χ1v) is 4.12. The SMILES string of the molecule is C=C/C=C(/NC(C)C)C(C#N)=NC. The zero-order valence-corrected chi connectivity index (χ0v) is 8.33. The largest absolute Gasteiger partial charge is 0.381 e. The van der Waals surface area contributed by atoms with Crippen LogP contribution >= 0.6 is 0 Å². The molecule has 0 aromatic carbocycles. The number of nitrogens with one attached hydrogen (secondary N) is 1. The lowest BCUT2D eigenvalue weighted by Gasteiger charge is -2.11. The van der Waals surface area contributed by atoms with Crippen LogP contribution in [0, 0.1) is 11.3 Å². The highest BCUT2D eigenvalue weighted by Gasteiger charge is 2.04. The number of allylic oxidation sites excluding steroid dienone is 3. The summed E-state index contributed by atoms with van der Waals surface area (Å²) < 4.78 is 0. The first-order chi connectivity index (χ1) is 6.15. The minimum absolute atomic E-state index is 0.274. The molecule has 0 spiro atoms. The van der Waals surface area contributed by atoms with Crippen LogP contribution < -0.4 is 5.32 Å². The van der Waals surface area contributed by atoms with Gasteiger partial charge in [0, 0.05) is 13.1 Å². The first kappa shape index (κ1) is 11.4. The van der Waals surface area contributed by atoms with Crippen molar-refractivity contribution in [1.29, 1.82) is 5.26 Å². The third-order valence-corrected chi connectivity index (χ3v) is 1.31. The minimum Gasteiger partial charge on any atom is -0.381 e. The van der Waals surface area contributed by atoms with Crippen molar-refractivity contribution in [3.05, 3.63) is 24.4 Å². The quantitative estimate of drug-likeness (QED) is 0.524. The minimum atomic E-state index is 0.274. The molecule has 0 atom stereocenters. The molecule has 0 rings (SSSR count). The Morgan fingerprint density at radius 2 is 2.23 bits per heavy atom. The van der Waals surface area contributed by atoms with Crippen molar-refractivity contribution in [3.63, 3.8) is 0 Å². The van der Waals surface area contributed by atoms with E-state index in [2.05, 4.69) is 16.9 Å². The Kier molecular flexibility index (Phi) is 5.29. The molecule has 0 aromatic rings. The molecule has 1 N–H and O–H groups in total. The Labute approximate surface area is 79.5 Å². The van der Waals surface area contributed by atoms with Gasteiger partial charge < -0.3 is 5.32 Å². The Hall–Kier alpha value is -1.56. The molecule has 0 saturated heterocycles. The second-order valence-corrected chi connectivity index (χ2v) is 2.80. The number of rotatable bonds is 4. The monoisotopic (exact) mass is 177 g/mol. The average molecular weight is 177 g/mol. The van der Waals surface area contributed by atoms with Crippen LogP contribution in [0.15, 0.2) is 29.4 Å². The van der Waals surface area contributed by atoms with Crippen LogP contribution in [-0.2, 0) is 0 Å². The number of hydrogen-bond donors (Lipinski definition) is 1. The summed E-state index contributed by atoms with van der Waals surface area (Å²) in [6.45, 7) is 7.58. The van der Waals surface area contributed by atoms with Gasteiger partial charge in [0.2, 0.25) is 0 Å². The van der Waals surface area contributed by atoms with Crippen LogP contribution in [-0.4, -0.2) is 18.8 Å². The predicted octanol–water partition coefficient (Wildman–Crippen LogP) is 1.65. The Bertz CT molecular complexity index is 266. The van der Waals surface area contributed by atoms with Gasteiger partial charge in [0.25, 0.3) is 0 Å². The number of nitrogens with zero attached hydrogens (tertiary/aromatic N) is 2. The molecule has 0 unspecified atom stereocenters. The van der Waals surface area contributed by atoms with Gasteiger partial charge in [-0.15, -0.1) is 0 Å². The maximum Gasteiger partial charge on any atom is 0.158 e. The third kappa shape index (κ3) is 4.12. The van der Waals surface area contributed by atoms with Crippen molar-refractivity contribution in [2.75, 3.05) is 7.05 Å². The van der Waals surface area contributed by atoms with Gasteiger partial charge in [0.05, 0.1) is 5.70 Å². The summed E-state index contributed by atoms with van der Waals surface area (Å²) in [4.78, 5) is 3.86. The van der Waals surface area contributed by atoms with E-state index in [-0.39, 0.29) is 6.04 Å². The maximum atomic E-state index is 8.74. The predicted molar refractivity (Wildman–Crippen MR) is 55.5 cm³/mol. The molecule has 0 amide bonds. The molecular weight excluding hydrogens is 162 g/mol. The molecule has 3 heteroatoms. The highest BCUT2D eigenvalue weighted by molar-refractivity contribution is 6.11. The van der Waals surface area contributed by atoms with Gasteiger partial charge in [-0.1, -0.05) is 12.7 Å². The van der Waals surface area contributed by atoms with E-state index in [0.717, 1.165) is 5.70 Å². The molecule has 0 heterocycles. The lowest BCUT2D eigenvalue weighted by atomic mass is 10.2. The average Bonchev–Trinajstić information content (AvgIpc) is 2.05. The number of nitriles is 1. The normalized spacial score (nSPS) is 12.5. The number of aliphatic imine (C=N–C) groups is 1. The second kappa shape index (κ2) is 6.01. The summed E-state index contributed by atoms with van der Waals surface area (Å²) >= 11 is 0. The maximum absolute atomic E-state index is 8.74. The number of hydrogen-bond acceptors (Lipinski definition) is 3. The van der Waals surface area contributed by atoms with E-state index in [9.17, 15) is 0 Å². The van der Waals surface area contributed by atoms with E-state index >= 15 is 0 Å². The van der Waals surface area contributed by atoms with Gasteiger partial charge in [-0.3, -0.25) is 4.99 Å². The lowest BCUT2D eigenvalue weighted by molar-refractivity contribution is 0.688. The highest BCUT2D eigenvalue weighted by Crippen LogP contribution is 1.96. The van der Waals surface area contributed by atoms with Crippen LogP contribution in [0.2, 0.25) is 0 Å².